The Morgan fingerprint density at radius 2 is 1.90 bits per heavy atom. The standard InChI is InChI=1S/C16H17N5/c1-10(2)14-7-15(21-17)20-16(19-14)13-9-18-8-11-5-3-4-6-12(11)13/h3-10H,17H2,1-2H3,(H,19,20,21). The maximum Gasteiger partial charge on any atom is 0.164 e. The predicted octanol–water partition coefficient (Wildman–Crippen LogP) is 3.10. The topological polar surface area (TPSA) is 76.7 Å². The average Bonchev–Trinajstić information content (AvgIpc) is 2.53. The molecule has 0 fully saturated rings. The lowest BCUT2D eigenvalue weighted by molar-refractivity contribution is 0.817. The number of hydrazine groups is 1. The lowest BCUT2D eigenvalue weighted by Gasteiger charge is -2.11. The smallest absolute Gasteiger partial charge is 0.164 e. The highest BCUT2D eigenvalue weighted by Gasteiger charge is 2.11. The van der Waals surface area contributed by atoms with Crippen LogP contribution in [0.25, 0.3) is 22.2 Å². The number of pyridine rings is 1. The van der Waals surface area contributed by atoms with E-state index in [2.05, 4.69) is 34.2 Å². The SMILES string of the molecule is CC(C)c1cc(NN)nc(-c2cncc3ccccc23)n1. The molecule has 3 N–H and O–H groups in total. The van der Waals surface area contributed by atoms with Gasteiger partial charge in [0.1, 0.15) is 5.82 Å². The molecule has 106 valence electrons. The molecule has 0 aliphatic heterocycles. The Labute approximate surface area is 123 Å². The third-order valence-electron chi connectivity index (χ3n) is 3.39. The maximum absolute atomic E-state index is 5.52. The molecule has 0 radical (unpaired) electrons. The van der Waals surface area contributed by atoms with Crippen LogP contribution in [-0.2, 0) is 0 Å². The van der Waals surface area contributed by atoms with Crippen molar-refractivity contribution < 1.29 is 0 Å². The van der Waals surface area contributed by atoms with Gasteiger partial charge in [-0.1, -0.05) is 38.1 Å². The minimum atomic E-state index is 0.293. The van der Waals surface area contributed by atoms with Crippen molar-refractivity contribution in [2.24, 2.45) is 5.84 Å². The van der Waals surface area contributed by atoms with Gasteiger partial charge in [0.25, 0.3) is 0 Å². The summed E-state index contributed by atoms with van der Waals surface area (Å²) in [6.07, 6.45) is 3.63. The van der Waals surface area contributed by atoms with Gasteiger partial charge in [-0.25, -0.2) is 15.8 Å². The fourth-order valence-corrected chi connectivity index (χ4v) is 2.25. The first kappa shape index (κ1) is 13.5. The maximum atomic E-state index is 5.52. The number of hydrogen-bond acceptors (Lipinski definition) is 5. The largest absolute Gasteiger partial charge is 0.308 e. The molecule has 0 spiro atoms. The van der Waals surface area contributed by atoms with Gasteiger partial charge < -0.3 is 5.43 Å². The van der Waals surface area contributed by atoms with Crippen LogP contribution >= 0.6 is 0 Å². The number of nitrogen functional groups attached to an aromatic ring is 1. The Hall–Kier alpha value is -2.53. The predicted molar refractivity (Wildman–Crippen MR) is 84.7 cm³/mol. The summed E-state index contributed by atoms with van der Waals surface area (Å²) < 4.78 is 0. The van der Waals surface area contributed by atoms with Crippen molar-refractivity contribution in [1.82, 2.24) is 15.0 Å². The molecule has 21 heavy (non-hydrogen) atoms. The summed E-state index contributed by atoms with van der Waals surface area (Å²) in [5.74, 6) is 7.06. The molecule has 0 aliphatic rings. The number of nitrogens with zero attached hydrogens (tertiary/aromatic N) is 3. The van der Waals surface area contributed by atoms with Gasteiger partial charge >= 0.3 is 0 Å². The normalized spacial score (nSPS) is 11.0. The van der Waals surface area contributed by atoms with Crippen LogP contribution in [-0.4, -0.2) is 15.0 Å². The summed E-state index contributed by atoms with van der Waals surface area (Å²) in [5.41, 5.74) is 4.46. The van der Waals surface area contributed by atoms with Crippen molar-refractivity contribution >= 4 is 16.6 Å². The lowest BCUT2D eigenvalue weighted by atomic mass is 10.1. The van der Waals surface area contributed by atoms with E-state index in [1.165, 1.54) is 0 Å². The van der Waals surface area contributed by atoms with Crippen LogP contribution in [0.5, 0.6) is 0 Å². The van der Waals surface area contributed by atoms with Gasteiger partial charge in [-0.15, -0.1) is 0 Å². The molecular formula is C16H17N5. The number of nitrogens with one attached hydrogen (secondary N) is 1. The zero-order valence-corrected chi connectivity index (χ0v) is 12.0. The van der Waals surface area contributed by atoms with E-state index in [0.717, 1.165) is 22.0 Å². The minimum absolute atomic E-state index is 0.293. The average molecular weight is 279 g/mol. The van der Waals surface area contributed by atoms with Gasteiger partial charge in [-0.3, -0.25) is 4.98 Å². The van der Waals surface area contributed by atoms with Crippen LogP contribution < -0.4 is 11.3 Å². The quantitative estimate of drug-likeness (QED) is 0.569. The Bertz CT molecular complexity index is 777. The molecule has 2 heterocycles. The van der Waals surface area contributed by atoms with Crippen molar-refractivity contribution in [3.05, 3.63) is 48.4 Å². The molecule has 5 heteroatoms. The molecule has 0 aliphatic carbocycles. The van der Waals surface area contributed by atoms with Gasteiger partial charge in [-0.2, -0.15) is 0 Å². The van der Waals surface area contributed by atoms with E-state index in [-0.39, 0.29) is 0 Å². The summed E-state index contributed by atoms with van der Waals surface area (Å²) in [5, 5.41) is 2.15. The number of nitrogens with two attached hydrogens (primary N) is 1. The molecule has 2 aromatic heterocycles. The number of fused-ring (bicyclic) bond motifs is 1. The Kier molecular flexibility index (Phi) is 3.50. The molecule has 0 unspecified atom stereocenters. The summed E-state index contributed by atoms with van der Waals surface area (Å²) in [6, 6.07) is 9.94. The monoisotopic (exact) mass is 279 g/mol. The fraction of sp³-hybridized carbons (Fsp3) is 0.188. The molecule has 5 nitrogen and oxygen atoms in total. The van der Waals surface area contributed by atoms with E-state index in [0.29, 0.717) is 17.6 Å². The summed E-state index contributed by atoms with van der Waals surface area (Å²) in [4.78, 5) is 13.4. The number of anilines is 1. The van der Waals surface area contributed by atoms with E-state index in [4.69, 9.17) is 5.84 Å². The first-order valence-electron chi connectivity index (χ1n) is 6.87. The van der Waals surface area contributed by atoms with Crippen LogP contribution in [0.3, 0.4) is 0 Å². The third kappa shape index (κ3) is 2.55. The Morgan fingerprint density at radius 3 is 2.67 bits per heavy atom. The van der Waals surface area contributed by atoms with E-state index < -0.39 is 0 Å². The third-order valence-corrected chi connectivity index (χ3v) is 3.39. The van der Waals surface area contributed by atoms with Crippen LogP contribution in [0.15, 0.2) is 42.7 Å². The Balaban J connectivity index is 2.25. The van der Waals surface area contributed by atoms with Crippen LogP contribution in [0.1, 0.15) is 25.5 Å². The summed E-state index contributed by atoms with van der Waals surface area (Å²) >= 11 is 0. The van der Waals surface area contributed by atoms with Crippen LogP contribution in [0, 0.1) is 0 Å². The van der Waals surface area contributed by atoms with E-state index >= 15 is 0 Å². The van der Waals surface area contributed by atoms with Crippen molar-refractivity contribution in [2.45, 2.75) is 19.8 Å². The molecule has 0 bridgehead atoms. The minimum Gasteiger partial charge on any atom is -0.308 e. The number of rotatable bonds is 3. The number of benzene rings is 1. The first-order chi connectivity index (χ1) is 10.2. The van der Waals surface area contributed by atoms with E-state index in [1.54, 1.807) is 6.20 Å². The molecule has 0 saturated carbocycles. The van der Waals surface area contributed by atoms with Gasteiger partial charge in [0.2, 0.25) is 0 Å². The van der Waals surface area contributed by atoms with E-state index in [9.17, 15) is 0 Å². The van der Waals surface area contributed by atoms with Gasteiger partial charge in [0, 0.05) is 35.1 Å². The highest BCUT2D eigenvalue weighted by Crippen LogP contribution is 2.27. The van der Waals surface area contributed by atoms with Crippen molar-refractivity contribution in [1.29, 1.82) is 0 Å². The second-order valence-corrected chi connectivity index (χ2v) is 5.21. The van der Waals surface area contributed by atoms with Gasteiger partial charge in [0.05, 0.1) is 0 Å². The molecule has 0 atom stereocenters. The number of aromatic nitrogens is 3. The molecular weight excluding hydrogens is 262 g/mol. The van der Waals surface area contributed by atoms with Gasteiger partial charge in [0.15, 0.2) is 5.82 Å². The van der Waals surface area contributed by atoms with Gasteiger partial charge in [-0.05, 0) is 11.3 Å². The van der Waals surface area contributed by atoms with Crippen LogP contribution in [0.2, 0.25) is 0 Å². The van der Waals surface area contributed by atoms with Crippen molar-refractivity contribution in [2.75, 3.05) is 5.43 Å². The molecule has 3 aromatic rings. The zero-order chi connectivity index (χ0) is 14.8. The molecule has 3 rings (SSSR count). The molecule has 0 saturated heterocycles. The molecule has 0 amide bonds. The highest BCUT2D eigenvalue weighted by molar-refractivity contribution is 5.94. The summed E-state index contributed by atoms with van der Waals surface area (Å²) in [6.45, 7) is 4.18. The second-order valence-electron chi connectivity index (χ2n) is 5.21. The number of hydrogen-bond donors (Lipinski definition) is 2. The fourth-order valence-electron chi connectivity index (χ4n) is 2.25. The van der Waals surface area contributed by atoms with Crippen molar-refractivity contribution in [3.63, 3.8) is 0 Å². The first-order valence-corrected chi connectivity index (χ1v) is 6.87. The zero-order valence-electron chi connectivity index (χ0n) is 12.0. The second kappa shape index (κ2) is 5.46. The lowest BCUT2D eigenvalue weighted by Crippen LogP contribution is -2.11. The molecule has 1 aromatic carbocycles. The van der Waals surface area contributed by atoms with Crippen LogP contribution in [0.4, 0.5) is 5.82 Å². The van der Waals surface area contributed by atoms with Crippen molar-refractivity contribution in [3.8, 4) is 11.4 Å². The highest BCUT2D eigenvalue weighted by atomic mass is 15.3. The summed E-state index contributed by atoms with van der Waals surface area (Å²) in [7, 11) is 0. The Morgan fingerprint density at radius 1 is 1.10 bits per heavy atom. The van der Waals surface area contributed by atoms with E-state index in [1.807, 2.05) is 36.5 Å².